The van der Waals surface area contributed by atoms with E-state index in [1.807, 2.05) is 0 Å². The fourth-order valence-electron chi connectivity index (χ4n) is 1.21. The molecule has 0 radical (unpaired) electrons. The van der Waals surface area contributed by atoms with Crippen molar-refractivity contribution in [2.24, 2.45) is 0 Å². The zero-order chi connectivity index (χ0) is 13.9. The van der Waals surface area contributed by atoms with E-state index in [9.17, 15) is 14.2 Å². The van der Waals surface area contributed by atoms with E-state index in [1.54, 1.807) is 0 Å². The van der Waals surface area contributed by atoms with Gasteiger partial charge in [-0.15, -0.1) is 0 Å². The van der Waals surface area contributed by atoms with Crippen LogP contribution in [0.2, 0.25) is 0 Å². The quantitative estimate of drug-likeness (QED) is 0.375. The van der Waals surface area contributed by atoms with Gasteiger partial charge in [0.15, 0.2) is 0 Å². The Morgan fingerprint density at radius 3 is 2.61 bits per heavy atom. The highest BCUT2D eigenvalue weighted by Crippen LogP contribution is 2.40. The lowest BCUT2D eigenvalue weighted by atomic mass is 10.4. The predicted molar refractivity (Wildman–Crippen MR) is 59.9 cm³/mol. The minimum atomic E-state index is -4.78. The SMILES string of the molecule is CC(Cn1c(=O)cc[nH]c1=O)OC(O)P(=O)(O)O. The van der Waals surface area contributed by atoms with E-state index in [0.29, 0.717) is 0 Å². The number of H-pyrrole nitrogens is 1. The smallest absolute Gasteiger partial charge is 0.358 e. The van der Waals surface area contributed by atoms with Crippen molar-refractivity contribution in [1.82, 2.24) is 9.55 Å². The second kappa shape index (κ2) is 5.59. The Morgan fingerprint density at radius 1 is 1.50 bits per heavy atom. The predicted octanol–water partition coefficient (Wildman–Crippen LogP) is -1.60. The Labute approximate surface area is 101 Å². The molecule has 10 heteroatoms. The highest BCUT2D eigenvalue weighted by molar-refractivity contribution is 7.52. The summed E-state index contributed by atoms with van der Waals surface area (Å²) in [7, 11) is -4.78. The van der Waals surface area contributed by atoms with Crippen LogP contribution in [-0.4, -0.2) is 36.6 Å². The monoisotopic (exact) mass is 280 g/mol. The van der Waals surface area contributed by atoms with E-state index >= 15 is 0 Å². The Hall–Kier alpha value is -1.25. The molecule has 1 aromatic rings. The van der Waals surface area contributed by atoms with Gasteiger partial charge in [-0.3, -0.25) is 13.9 Å². The van der Waals surface area contributed by atoms with Crippen LogP contribution >= 0.6 is 7.60 Å². The maximum atomic E-state index is 11.3. The third kappa shape index (κ3) is 3.90. The lowest BCUT2D eigenvalue weighted by Crippen LogP contribution is -2.38. The highest BCUT2D eigenvalue weighted by atomic mass is 31.2. The molecule has 2 atom stereocenters. The number of hydrogen-bond acceptors (Lipinski definition) is 5. The molecule has 1 heterocycles. The molecule has 0 aliphatic carbocycles. The molecule has 0 aliphatic rings. The molecular weight excluding hydrogens is 267 g/mol. The van der Waals surface area contributed by atoms with Crippen molar-refractivity contribution in [3.63, 3.8) is 0 Å². The van der Waals surface area contributed by atoms with Gasteiger partial charge in [0.1, 0.15) is 0 Å². The molecule has 4 N–H and O–H groups in total. The van der Waals surface area contributed by atoms with Crippen LogP contribution in [-0.2, 0) is 15.8 Å². The third-order valence-corrected chi connectivity index (χ3v) is 2.72. The van der Waals surface area contributed by atoms with Crippen molar-refractivity contribution in [2.45, 2.75) is 25.6 Å². The zero-order valence-electron chi connectivity index (χ0n) is 9.39. The molecule has 0 aliphatic heterocycles. The van der Waals surface area contributed by atoms with Crippen molar-refractivity contribution in [3.8, 4) is 0 Å². The maximum absolute atomic E-state index is 11.3. The number of aliphatic hydroxyl groups excluding tert-OH is 1. The topological polar surface area (TPSA) is 142 Å². The first kappa shape index (κ1) is 14.8. The second-order valence-corrected chi connectivity index (χ2v) is 5.21. The number of rotatable bonds is 5. The van der Waals surface area contributed by atoms with Crippen LogP contribution in [0.25, 0.3) is 0 Å². The average molecular weight is 280 g/mol. The lowest BCUT2D eigenvalue weighted by Gasteiger charge is -2.18. The molecule has 0 amide bonds. The van der Waals surface area contributed by atoms with Gasteiger partial charge >= 0.3 is 13.3 Å². The minimum absolute atomic E-state index is 0.244. The molecule has 0 saturated heterocycles. The third-order valence-electron chi connectivity index (χ3n) is 2.03. The number of nitrogens with one attached hydrogen (secondary N) is 1. The summed E-state index contributed by atoms with van der Waals surface area (Å²) in [5.74, 6) is 0. The molecule has 0 bridgehead atoms. The van der Waals surface area contributed by atoms with Crippen molar-refractivity contribution in [2.75, 3.05) is 0 Å². The fraction of sp³-hybridized carbons (Fsp3) is 0.500. The summed E-state index contributed by atoms with van der Waals surface area (Å²) in [4.78, 5) is 42.1. The summed E-state index contributed by atoms with van der Waals surface area (Å²) in [6.45, 7) is 1.11. The number of aromatic nitrogens is 2. The molecule has 1 rings (SSSR count). The van der Waals surface area contributed by atoms with Crippen LogP contribution in [0.3, 0.4) is 0 Å². The van der Waals surface area contributed by atoms with Gasteiger partial charge in [0.05, 0.1) is 12.6 Å². The Bertz CT molecular complexity index is 531. The standard InChI is InChI=1S/C8H13N2O7P/c1-5(17-8(13)18(14,15)16)4-10-6(11)2-3-9-7(10)12/h2-3,5,8,13H,4H2,1H3,(H,9,12)(H2,14,15,16). The van der Waals surface area contributed by atoms with Gasteiger partial charge in [0, 0.05) is 12.3 Å². The van der Waals surface area contributed by atoms with Gasteiger partial charge in [-0.05, 0) is 6.92 Å². The molecule has 102 valence electrons. The molecule has 2 unspecified atom stereocenters. The number of ether oxygens (including phenoxy) is 1. The average Bonchev–Trinajstić information content (AvgIpc) is 2.22. The van der Waals surface area contributed by atoms with E-state index in [0.717, 1.165) is 10.6 Å². The van der Waals surface area contributed by atoms with E-state index in [1.165, 1.54) is 13.1 Å². The highest BCUT2D eigenvalue weighted by Gasteiger charge is 2.29. The molecular formula is C8H13N2O7P. The first-order valence-electron chi connectivity index (χ1n) is 4.89. The summed E-state index contributed by atoms with van der Waals surface area (Å²) in [6.07, 6.45) is 0.241. The minimum Gasteiger partial charge on any atom is -0.358 e. The summed E-state index contributed by atoms with van der Waals surface area (Å²) >= 11 is 0. The van der Waals surface area contributed by atoms with Crippen LogP contribution in [0.4, 0.5) is 0 Å². The maximum Gasteiger partial charge on any atom is 0.381 e. The van der Waals surface area contributed by atoms with E-state index < -0.39 is 31.0 Å². The summed E-state index contributed by atoms with van der Waals surface area (Å²) in [5, 5.41) is 9.01. The number of hydrogen-bond donors (Lipinski definition) is 4. The van der Waals surface area contributed by atoms with Crippen LogP contribution in [0, 0.1) is 0 Å². The van der Waals surface area contributed by atoms with E-state index in [-0.39, 0.29) is 6.54 Å². The number of aromatic amines is 1. The van der Waals surface area contributed by atoms with Crippen LogP contribution in [0.5, 0.6) is 0 Å². The molecule has 18 heavy (non-hydrogen) atoms. The van der Waals surface area contributed by atoms with Crippen molar-refractivity contribution < 1.29 is 24.2 Å². The molecule has 1 aromatic heterocycles. The largest absolute Gasteiger partial charge is 0.381 e. The van der Waals surface area contributed by atoms with Crippen molar-refractivity contribution in [3.05, 3.63) is 33.1 Å². The Balaban J connectivity index is 2.78. The molecule has 0 saturated carbocycles. The van der Waals surface area contributed by atoms with Gasteiger partial charge in [-0.25, -0.2) is 4.79 Å². The zero-order valence-corrected chi connectivity index (χ0v) is 10.3. The normalized spacial score (nSPS) is 15.3. The summed E-state index contributed by atoms with van der Waals surface area (Å²) in [6, 6.07) is -1.17. The summed E-state index contributed by atoms with van der Waals surface area (Å²) < 4.78 is 16.0. The van der Waals surface area contributed by atoms with Crippen LogP contribution < -0.4 is 11.2 Å². The van der Waals surface area contributed by atoms with Gasteiger partial charge in [-0.2, -0.15) is 0 Å². The number of aliphatic hydroxyl groups is 1. The van der Waals surface area contributed by atoms with Gasteiger partial charge in [-0.1, -0.05) is 0 Å². The Morgan fingerprint density at radius 2 is 2.11 bits per heavy atom. The van der Waals surface area contributed by atoms with Crippen molar-refractivity contribution in [1.29, 1.82) is 0 Å². The van der Waals surface area contributed by atoms with Crippen molar-refractivity contribution >= 4 is 7.60 Å². The molecule has 9 nitrogen and oxygen atoms in total. The molecule has 0 fully saturated rings. The van der Waals surface area contributed by atoms with E-state index in [2.05, 4.69) is 9.72 Å². The molecule has 0 spiro atoms. The van der Waals surface area contributed by atoms with Crippen LogP contribution in [0.15, 0.2) is 21.9 Å². The van der Waals surface area contributed by atoms with Crippen LogP contribution in [0.1, 0.15) is 6.92 Å². The van der Waals surface area contributed by atoms with E-state index in [4.69, 9.17) is 14.9 Å². The van der Waals surface area contributed by atoms with Gasteiger partial charge in [0.25, 0.3) is 11.6 Å². The molecule has 0 aromatic carbocycles. The lowest BCUT2D eigenvalue weighted by molar-refractivity contribution is -0.0941. The fourth-order valence-corrected chi connectivity index (χ4v) is 1.58. The first-order chi connectivity index (χ1) is 8.21. The second-order valence-electron chi connectivity index (χ2n) is 3.59. The first-order valence-corrected chi connectivity index (χ1v) is 6.57. The van der Waals surface area contributed by atoms with Gasteiger partial charge < -0.3 is 24.6 Å². The van der Waals surface area contributed by atoms with Gasteiger partial charge in [0.2, 0.25) is 0 Å². The summed E-state index contributed by atoms with van der Waals surface area (Å²) in [5.41, 5.74) is -1.26. The Kier molecular flexibility index (Phi) is 4.60. The number of nitrogens with zero attached hydrogens (tertiary/aromatic N) is 1.